The normalized spacial score (nSPS) is 16.9. The fourth-order valence-corrected chi connectivity index (χ4v) is 4.05. The molecule has 30 heavy (non-hydrogen) atoms. The summed E-state index contributed by atoms with van der Waals surface area (Å²) in [5.41, 5.74) is 4.32. The summed E-state index contributed by atoms with van der Waals surface area (Å²) in [5, 5.41) is 4.11. The molecule has 4 aromatic rings. The predicted octanol–water partition coefficient (Wildman–Crippen LogP) is 3.89. The molecule has 0 bridgehead atoms. The molecule has 8 heteroatoms. The van der Waals surface area contributed by atoms with Crippen LogP contribution in [-0.4, -0.2) is 42.7 Å². The third-order valence-corrected chi connectivity index (χ3v) is 5.44. The van der Waals surface area contributed by atoms with E-state index in [1.54, 1.807) is 18.3 Å². The first-order valence-electron chi connectivity index (χ1n) is 9.91. The first-order chi connectivity index (χ1) is 14.7. The SMILES string of the molecule is Cc1cc(CN2CCC(n3cnc(-c4ccc(F)cc4)c3-c3ccncn3)C2)no1. The van der Waals surface area contributed by atoms with Gasteiger partial charge < -0.3 is 9.09 Å². The highest BCUT2D eigenvalue weighted by Crippen LogP contribution is 2.35. The highest BCUT2D eigenvalue weighted by molar-refractivity contribution is 5.76. The summed E-state index contributed by atoms with van der Waals surface area (Å²) in [6.07, 6.45) is 6.12. The van der Waals surface area contributed by atoms with E-state index >= 15 is 0 Å². The molecule has 3 aromatic heterocycles. The van der Waals surface area contributed by atoms with Crippen molar-refractivity contribution in [2.24, 2.45) is 0 Å². The van der Waals surface area contributed by atoms with Crippen LogP contribution in [0, 0.1) is 12.7 Å². The number of aromatic nitrogens is 5. The van der Waals surface area contributed by atoms with Gasteiger partial charge in [-0.05, 0) is 43.7 Å². The lowest BCUT2D eigenvalue weighted by Crippen LogP contribution is -2.21. The zero-order valence-electron chi connectivity index (χ0n) is 16.6. The van der Waals surface area contributed by atoms with Crippen molar-refractivity contribution in [3.8, 4) is 22.6 Å². The van der Waals surface area contributed by atoms with Crippen molar-refractivity contribution in [3.63, 3.8) is 0 Å². The van der Waals surface area contributed by atoms with Crippen LogP contribution in [0.2, 0.25) is 0 Å². The van der Waals surface area contributed by atoms with Crippen LogP contribution in [0.1, 0.15) is 23.9 Å². The van der Waals surface area contributed by atoms with Crippen LogP contribution < -0.4 is 0 Å². The topological polar surface area (TPSA) is 72.9 Å². The Hall–Kier alpha value is -3.39. The number of halogens is 1. The van der Waals surface area contributed by atoms with Gasteiger partial charge >= 0.3 is 0 Å². The predicted molar refractivity (Wildman–Crippen MR) is 109 cm³/mol. The summed E-state index contributed by atoms with van der Waals surface area (Å²) in [6, 6.07) is 10.5. The van der Waals surface area contributed by atoms with Crippen LogP contribution in [0.4, 0.5) is 4.39 Å². The molecule has 7 nitrogen and oxygen atoms in total. The van der Waals surface area contributed by atoms with E-state index in [1.165, 1.54) is 18.5 Å². The van der Waals surface area contributed by atoms with E-state index in [9.17, 15) is 4.39 Å². The standard InChI is InChI=1S/C22H21FN6O/c1-15-10-18(27-30-15)11-28-9-7-19(12-28)29-14-26-21(16-2-4-17(23)5-3-16)22(29)20-6-8-24-13-25-20/h2-6,8,10,13-14,19H,7,9,11-12H2,1H3. The number of aryl methyl sites for hydroxylation is 1. The first kappa shape index (κ1) is 18.6. The second kappa shape index (κ2) is 7.79. The number of nitrogens with zero attached hydrogens (tertiary/aromatic N) is 6. The second-order valence-corrected chi connectivity index (χ2v) is 7.56. The third kappa shape index (κ3) is 3.61. The maximum atomic E-state index is 13.4. The monoisotopic (exact) mass is 404 g/mol. The molecule has 1 saturated heterocycles. The van der Waals surface area contributed by atoms with E-state index < -0.39 is 0 Å². The minimum Gasteiger partial charge on any atom is -0.361 e. The third-order valence-electron chi connectivity index (χ3n) is 5.44. The van der Waals surface area contributed by atoms with Crippen LogP contribution in [-0.2, 0) is 6.54 Å². The maximum absolute atomic E-state index is 13.4. The summed E-state index contributed by atoms with van der Waals surface area (Å²) in [4.78, 5) is 15.6. The summed E-state index contributed by atoms with van der Waals surface area (Å²) in [5.74, 6) is 0.557. The van der Waals surface area contributed by atoms with Crippen LogP contribution in [0.3, 0.4) is 0 Å². The zero-order chi connectivity index (χ0) is 20.5. The average molecular weight is 404 g/mol. The molecule has 1 atom stereocenters. The quantitative estimate of drug-likeness (QED) is 0.503. The zero-order valence-corrected chi connectivity index (χ0v) is 16.6. The van der Waals surface area contributed by atoms with Gasteiger partial charge in [-0.2, -0.15) is 0 Å². The molecule has 5 rings (SSSR count). The Balaban J connectivity index is 1.47. The van der Waals surface area contributed by atoms with Crippen molar-refractivity contribution in [1.29, 1.82) is 0 Å². The average Bonchev–Trinajstić information content (AvgIpc) is 3.49. The molecule has 0 amide bonds. The van der Waals surface area contributed by atoms with E-state index in [4.69, 9.17) is 4.52 Å². The van der Waals surface area contributed by atoms with Gasteiger partial charge in [0.1, 0.15) is 17.9 Å². The van der Waals surface area contributed by atoms with Crippen molar-refractivity contribution < 1.29 is 8.91 Å². The lowest BCUT2D eigenvalue weighted by atomic mass is 10.1. The van der Waals surface area contributed by atoms with Crippen LogP contribution in [0.25, 0.3) is 22.6 Å². The van der Waals surface area contributed by atoms with Crippen molar-refractivity contribution in [2.45, 2.75) is 25.9 Å². The fourth-order valence-electron chi connectivity index (χ4n) is 4.05. The van der Waals surface area contributed by atoms with Gasteiger partial charge in [0.2, 0.25) is 0 Å². The molecule has 1 aromatic carbocycles. The minimum absolute atomic E-state index is 0.254. The van der Waals surface area contributed by atoms with Gasteiger partial charge in [0, 0.05) is 43.5 Å². The number of rotatable bonds is 5. The summed E-state index contributed by atoms with van der Waals surface area (Å²) < 4.78 is 20.8. The molecule has 0 radical (unpaired) electrons. The van der Waals surface area contributed by atoms with E-state index in [1.807, 2.05) is 25.4 Å². The number of benzene rings is 1. The number of hydrogen-bond donors (Lipinski definition) is 0. The number of hydrogen-bond acceptors (Lipinski definition) is 6. The second-order valence-electron chi connectivity index (χ2n) is 7.56. The van der Waals surface area contributed by atoms with Gasteiger partial charge in [0.15, 0.2) is 0 Å². The van der Waals surface area contributed by atoms with Gasteiger partial charge in [0.05, 0.1) is 29.1 Å². The van der Waals surface area contributed by atoms with Crippen LogP contribution in [0.5, 0.6) is 0 Å². The largest absolute Gasteiger partial charge is 0.361 e. The maximum Gasteiger partial charge on any atom is 0.133 e. The molecule has 0 saturated carbocycles. The molecule has 152 valence electrons. The van der Waals surface area contributed by atoms with E-state index in [0.717, 1.165) is 60.2 Å². The molecular formula is C22H21FN6O. The molecule has 1 fully saturated rings. The molecule has 1 aliphatic rings. The van der Waals surface area contributed by atoms with Gasteiger partial charge in [-0.1, -0.05) is 5.16 Å². The highest BCUT2D eigenvalue weighted by atomic mass is 19.1. The smallest absolute Gasteiger partial charge is 0.133 e. The molecule has 0 aliphatic carbocycles. The fraction of sp³-hybridized carbons (Fsp3) is 0.273. The molecule has 1 aliphatic heterocycles. The molecule has 0 N–H and O–H groups in total. The van der Waals surface area contributed by atoms with Crippen LogP contribution in [0.15, 0.2) is 59.8 Å². The van der Waals surface area contributed by atoms with Crippen LogP contribution >= 0.6 is 0 Å². The summed E-state index contributed by atoms with van der Waals surface area (Å²) >= 11 is 0. The highest BCUT2D eigenvalue weighted by Gasteiger charge is 2.28. The van der Waals surface area contributed by atoms with E-state index in [0.29, 0.717) is 0 Å². The lowest BCUT2D eigenvalue weighted by molar-refractivity contribution is 0.300. The molecular weight excluding hydrogens is 383 g/mol. The Morgan fingerprint density at radius 3 is 2.77 bits per heavy atom. The van der Waals surface area contributed by atoms with E-state index in [-0.39, 0.29) is 11.9 Å². The number of imidazole rings is 1. The van der Waals surface area contributed by atoms with Gasteiger partial charge in [-0.25, -0.2) is 19.3 Å². The van der Waals surface area contributed by atoms with Crippen molar-refractivity contribution in [3.05, 3.63) is 72.5 Å². The molecule has 4 heterocycles. The van der Waals surface area contributed by atoms with Crippen molar-refractivity contribution in [2.75, 3.05) is 13.1 Å². The summed E-state index contributed by atoms with van der Waals surface area (Å²) in [7, 11) is 0. The lowest BCUT2D eigenvalue weighted by Gasteiger charge is -2.18. The Morgan fingerprint density at radius 2 is 2.03 bits per heavy atom. The van der Waals surface area contributed by atoms with Gasteiger partial charge in [-0.3, -0.25) is 4.90 Å². The van der Waals surface area contributed by atoms with Crippen molar-refractivity contribution in [1.82, 2.24) is 29.6 Å². The van der Waals surface area contributed by atoms with Gasteiger partial charge in [0.25, 0.3) is 0 Å². The Bertz CT molecular complexity index is 1140. The minimum atomic E-state index is -0.267. The van der Waals surface area contributed by atoms with Crippen molar-refractivity contribution >= 4 is 0 Å². The Morgan fingerprint density at radius 1 is 1.17 bits per heavy atom. The number of likely N-dealkylation sites (tertiary alicyclic amines) is 1. The first-order valence-corrected chi connectivity index (χ1v) is 9.91. The summed E-state index contributed by atoms with van der Waals surface area (Å²) in [6.45, 7) is 4.50. The Kier molecular flexibility index (Phi) is 4.84. The Labute approximate surface area is 173 Å². The molecule has 0 spiro atoms. The van der Waals surface area contributed by atoms with E-state index in [2.05, 4.69) is 29.6 Å². The van der Waals surface area contributed by atoms with Gasteiger partial charge in [-0.15, -0.1) is 0 Å². The molecule has 1 unspecified atom stereocenters.